The van der Waals surface area contributed by atoms with Crippen LogP contribution in [0.3, 0.4) is 0 Å². The van der Waals surface area contributed by atoms with Crippen LogP contribution in [0.1, 0.15) is 25.8 Å². The Kier molecular flexibility index (Phi) is 6.58. The second-order valence-electron chi connectivity index (χ2n) is 5.95. The number of nitrogens with zero attached hydrogens (tertiary/aromatic N) is 1. The number of anilines is 1. The second kappa shape index (κ2) is 8.66. The summed E-state index contributed by atoms with van der Waals surface area (Å²) in [6.07, 6.45) is 1.21. The molecule has 2 aromatic rings. The van der Waals surface area contributed by atoms with Gasteiger partial charge in [-0.3, -0.25) is 9.59 Å². The van der Waals surface area contributed by atoms with Gasteiger partial charge in [-0.2, -0.15) is 4.98 Å². The molecule has 25 heavy (non-hydrogen) atoms. The van der Waals surface area contributed by atoms with Gasteiger partial charge in [0, 0.05) is 5.69 Å². The number of hydrogen-bond acceptors (Lipinski definition) is 5. The number of hydrogen-bond donors (Lipinski definition) is 3. The van der Waals surface area contributed by atoms with Crippen LogP contribution in [0.15, 0.2) is 34.2 Å². The highest BCUT2D eigenvalue weighted by Crippen LogP contribution is 2.19. The monoisotopic (exact) mass is 365 g/mol. The Balaban J connectivity index is 1.96. The van der Waals surface area contributed by atoms with E-state index in [9.17, 15) is 19.1 Å². The van der Waals surface area contributed by atoms with Gasteiger partial charge in [0.2, 0.25) is 11.8 Å². The number of rotatable bonds is 7. The molecule has 0 bridgehead atoms. The number of aromatic nitrogens is 2. The van der Waals surface area contributed by atoms with Crippen LogP contribution in [0.5, 0.6) is 5.88 Å². The van der Waals surface area contributed by atoms with Gasteiger partial charge in [0.05, 0.1) is 11.3 Å². The summed E-state index contributed by atoms with van der Waals surface area (Å²) in [5.41, 5.74) is 0.197. The molecule has 1 amide bonds. The van der Waals surface area contributed by atoms with Crippen molar-refractivity contribution in [1.29, 1.82) is 0 Å². The predicted octanol–water partition coefficient (Wildman–Crippen LogP) is 2.93. The molecule has 0 aliphatic rings. The minimum absolute atomic E-state index is 0.0375. The van der Waals surface area contributed by atoms with Gasteiger partial charge >= 0.3 is 0 Å². The Bertz CT molecular complexity index is 808. The summed E-state index contributed by atoms with van der Waals surface area (Å²) in [7, 11) is 0. The second-order valence-corrected chi connectivity index (χ2v) is 6.92. The Labute approximate surface area is 148 Å². The highest BCUT2D eigenvalue weighted by atomic mass is 32.2. The molecule has 1 aromatic heterocycles. The van der Waals surface area contributed by atoms with Crippen LogP contribution in [0.25, 0.3) is 0 Å². The smallest absolute Gasteiger partial charge is 0.258 e. The first kappa shape index (κ1) is 19.0. The van der Waals surface area contributed by atoms with Crippen molar-refractivity contribution in [1.82, 2.24) is 9.97 Å². The third-order valence-electron chi connectivity index (χ3n) is 3.39. The van der Waals surface area contributed by atoms with Crippen LogP contribution in [0.2, 0.25) is 0 Å². The maximum atomic E-state index is 13.1. The molecule has 0 saturated carbocycles. The first-order chi connectivity index (χ1) is 11.8. The minimum Gasteiger partial charge on any atom is -0.493 e. The van der Waals surface area contributed by atoms with Crippen LogP contribution in [-0.2, 0) is 11.2 Å². The lowest BCUT2D eigenvalue weighted by molar-refractivity contribution is -0.113. The number of halogens is 1. The van der Waals surface area contributed by atoms with Crippen LogP contribution < -0.4 is 10.9 Å². The lowest BCUT2D eigenvalue weighted by Crippen LogP contribution is -2.18. The molecular weight excluding hydrogens is 345 g/mol. The topological polar surface area (TPSA) is 95.1 Å². The maximum absolute atomic E-state index is 13.1. The molecule has 1 aromatic carbocycles. The summed E-state index contributed by atoms with van der Waals surface area (Å²) >= 11 is 0.981. The van der Waals surface area contributed by atoms with Crippen LogP contribution in [0, 0.1) is 11.7 Å². The van der Waals surface area contributed by atoms with E-state index >= 15 is 0 Å². The van der Waals surface area contributed by atoms with Gasteiger partial charge in [-0.25, -0.2) is 4.39 Å². The average Bonchev–Trinajstić information content (AvgIpc) is 2.52. The standard InChI is InChI=1S/C17H20FN3O3S/c1-10(2)6-7-13-15(23)20-17(21-16(13)24)25-9-14(22)19-12-5-3-4-11(18)8-12/h3-5,8,10H,6-7,9H2,1-2H3,(H,19,22)(H2,20,21,23,24). The van der Waals surface area contributed by atoms with E-state index in [0.29, 0.717) is 18.0 Å². The lowest BCUT2D eigenvalue weighted by atomic mass is 10.0. The molecule has 0 radical (unpaired) electrons. The summed E-state index contributed by atoms with van der Waals surface area (Å²) in [6.45, 7) is 4.06. The molecule has 2 rings (SSSR count). The Morgan fingerprint density at radius 1 is 1.44 bits per heavy atom. The molecule has 0 fully saturated rings. The molecule has 3 N–H and O–H groups in total. The van der Waals surface area contributed by atoms with E-state index in [1.807, 2.05) is 13.8 Å². The number of carbonyl (C=O) groups is 1. The molecule has 0 unspecified atom stereocenters. The lowest BCUT2D eigenvalue weighted by Gasteiger charge is -2.08. The third kappa shape index (κ3) is 5.90. The minimum atomic E-state index is -0.446. The fraction of sp³-hybridized carbons (Fsp3) is 0.353. The Morgan fingerprint density at radius 3 is 2.84 bits per heavy atom. The number of thioether (sulfide) groups is 1. The zero-order chi connectivity index (χ0) is 18.4. The number of aromatic hydroxyl groups is 1. The summed E-state index contributed by atoms with van der Waals surface area (Å²) in [5.74, 6) is -0.763. The van der Waals surface area contributed by atoms with Crippen molar-refractivity contribution in [2.45, 2.75) is 31.8 Å². The average molecular weight is 365 g/mol. The van der Waals surface area contributed by atoms with Crippen LogP contribution in [-0.4, -0.2) is 26.7 Å². The van der Waals surface area contributed by atoms with Crippen molar-refractivity contribution in [2.75, 3.05) is 11.1 Å². The van der Waals surface area contributed by atoms with E-state index in [1.54, 1.807) is 6.07 Å². The van der Waals surface area contributed by atoms with Gasteiger partial charge in [-0.05, 0) is 37.0 Å². The van der Waals surface area contributed by atoms with Crippen molar-refractivity contribution in [3.8, 4) is 5.88 Å². The number of amides is 1. The SMILES string of the molecule is CC(C)CCc1c(O)nc(SCC(=O)Nc2cccc(F)c2)[nH]c1=O. The zero-order valence-corrected chi connectivity index (χ0v) is 14.8. The highest BCUT2D eigenvalue weighted by molar-refractivity contribution is 7.99. The van der Waals surface area contributed by atoms with Crippen molar-refractivity contribution < 1.29 is 14.3 Å². The number of carbonyl (C=O) groups excluding carboxylic acids is 1. The summed E-state index contributed by atoms with van der Waals surface area (Å²) in [5, 5.41) is 12.6. The molecule has 0 atom stereocenters. The third-order valence-corrected chi connectivity index (χ3v) is 4.27. The van der Waals surface area contributed by atoms with E-state index in [0.717, 1.165) is 18.2 Å². The maximum Gasteiger partial charge on any atom is 0.258 e. The number of nitrogens with one attached hydrogen (secondary N) is 2. The zero-order valence-electron chi connectivity index (χ0n) is 14.0. The number of aromatic amines is 1. The summed E-state index contributed by atoms with van der Waals surface area (Å²) < 4.78 is 13.1. The van der Waals surface area contributed by atoms with E-state index in [4.69, 9.17) is 0 Å². The van der Waals surface area contributed by atoms with Gasteiger partial charge < -0.3 is 15.4 Å². The fourth-order valence-corrected chi connectivity index (χ4v) is 2.75. The van der Waals surface area contributed by atoms with E-state index in [1.165, 1.54) is 18.2 Å². The van der Waals surface area contributed by atoms with E-state index in [2.05, 4.69) is 15.3 Å². The van der Waals surface area contributed by atoms with Gasteiger partial charge in [0.25, 0.3) is 5.56 Å². The molecule has 134 valence electrons. The van der Waals surface area contributed by atoms with E-state index < -0.39 is 11.4 Å². The summed E-state index contributed by atoms with van der Waals surface area (Å²) in [4.78, 5) is 30.4. The van der Waals surface area contributed by atoms with Crippen molar-refractivity contribution >= 4 is 23.4 Å². The molecule has 0 spiro atoms. The van der Waals surface area contributed by atoms with Gasteiger partial charge in [0.15, 0.2) is 5.16 Å². The Hall–Kier alpha value is -2.35. The van der Waals surface area contributed by atoms with Crippen LogP contribution >= 0.6 is 11.8 Å². The van der Waals surface area contributed by atoms with Crippen molar-refractivity contribution in [3.63, 3.8) is 0 Å². The molecule has 0 aliphatic carbocycles. The Morgan fingerprint density at radius 2 is 2.20 bits per heavy atom. The molecule has 8 heteroatoms. The number of H-pyrrole nitrogens is 1. The van der Waals surface area contributed by atoms with Gasteiger partial charge in [-0.15, -0.1) is 0 Å². The van der Waals surface area contributed by atoms with Gasteiger partial charge in [-0.1, -0.05) is 31.7 Å². The first-order valence-corrected chi connectivity index (χ1v) is 8.84. The predicted molar refractivity (Wildman–Crippen MR) is 95.4 cm³/mol. The summed E-state index contributed by atoms with van der Waals surface area (Å²) in [6, 6.07) is 5.55. The van der Waals surface area contributed by atoms with E-state index in [-0.39, 0.29) is 28.3 Å². The molecular formula is C17H20FN3O3S. The van der Waals surface area contributed by atoms with Crippen molar-refractivity contribution in [2.24, 2.45) is 5.92 Å². The first-order valence-electron chi connectivity index (χ1n) is 7.85. The molecule has 1 heterocycles. The molecule has 0 aliphatic heterocycles. The van der Waals surface area contributed by atoms with Gasteiger partial charge in [0.1, 0.15) is 5.82 Å². The van der Waals surface area contributed by atoms with Crippen molar-refractivity contribution in [3.05, 3.63) is 46.0 Å². The molecule has 0 saturated heterocycles. The molecule has 6 nitrogen and oxygen atoms in total. The highest BCUT2D eigenvalue weighted by Gasteiger charge is 2.13. The van der Waals surface area contributed by atoms with Crippen LogP contribution in [0.4, 0.5) is 10.1 Å². The largest absolute Gasteiger partial charge is 0.493 e. The number of benzene rings is 1. The normalized spacial score (nSPS) is 10.9. The fourth-order valence-electron chi connectivity index (χ4n) is 2.09. The quantitative estimate of drug-likeness (QED) is 0.518.